The molecule has 1 aliphatic heterocycles. The first-order valence-corrected chi connectivity index (χ1v) is 12.2. The molecule has 1 fully saturated rings. The van der Waals surface area contributed by atoms with Crippen LogP contribution in [-0.2, 0) is 27.3 Å². The summed E-state index contributed by atoms with van der Waals surface area (Å²) in [6, 6.07) is 15.0. The Morgan fingerprint density at radius 1 is 1.03 bits per heavy atom. The lowest BCUT2D eigenvalue weighted by Gasteiger charge is -2.33. The number of piperidine rings is 1. The van der Waals surface area contributed by atoms with E-state index in [0.717, 1.165) is 5.56 Å². The number of rotatable bonds is 9. The molecule has 5 N–H and O–H groups in total. The van der Waals surface area contributed by atoms with Gasteiger partial charge in [0.25, 0.3) is 5.91 Å². The topological polar surface area (TPSA) is 106 Å². The average molecular weight is 484 g/mol. The summed E-state index contributed by atoms with van der Waals surface area (Å²) in [4.78, 5) is 40.3. The maximum Gasteiger partial charge on any atom is 0.281 e. The van der Waals surface area contributed by atoms with E-state index in [1.807, 2.05) is 44.2 Å². The van der Waals surface area contributed by atoms with Crippen LogP contribution in [0.4, 0.5) is 4.39 Å². The van der Waals surface area contributed by atoms with E-state index in [2.05, 4.69) is 16.4 Å². The molecule has 0 radical (unpaired) electrons. The average Bonchev–Trinajstić information content (AvgIpc) is 2.86. The number of hydrogen-bond donors (Lipinski definition) is 3. The minimum Gasteiger partial charge on any atom is -0.350 e. The molecule has 0 spiro atoms. The van der Waals surface area contributed by atoms with Crippen LogP contribution in [-0.4, -0.2) is 47.8 Å². The van der Waals surface area contributed by atoms with Gasteiger partial charge in [0.05, 0.1) is 0 Å². The van der Waals surface area contributed by atoms with Gasteiger partial charge in [0, 0.05) is 37.5 Å². The van der Waals surface area contributed by atoms with Crippen molar-refractivity contribution in [1.82, 2.24) is 15.5 Å². The Bertz CT molecular complexity index is 1010. The predicted molar refractivity (Wildman–Crippen MR) is 131 cm³/mol. The maximum atomic E-state index is 13.8. The standard InChI is InChI=1S/C27H35FN4O3/c1-18(2)24(26(34)30-17-21-10-6-7-11-22(21)28)31-25(33)20-12-14-32(15-13-20)27(35)23(29)16-19-8-4-3-5-9-19/h3-11,18,20,23-24H,12-17,29H2,1-2H3,(H,30,34)(H,31,33)/p+1. The minimum atomic E-state index is -0.718. The fourth-order valence-corrected chi connectivity index (χ4v) is 4.35. The Kier molecular flexibility index (Phi) is 9.37. The Balaban J connectivity index is 1.48. The van der Waals surface area contributed by atoms with Crippen molar-refractivity contribution >= 4 is 17.7 Å². The van der Waals surface area contributed by atoms with Gasteiger partial charge in [-0.3, -0.25) is 14.4 Å². The van der Waals surface area contributed by atoms with Gasteiger partial charge in [-0.1, -0.05) is 62.4 Å². The number of nitrogens with zero attached hydrogens (tertiary/aromatic N) is 1. The molecule has 2 aromatic rings. The van der Waals surface area contributed by atoms with Gasteiger partial charge in [-0.2, -0.15) is 0 Å². The quantitative estimate of drug-likeness (QED) is 0.505. The third kappa shape index (κ3) is 7.36. The van der Waals surface area contributed by atoms with E-state index < -0.39 is 6.04 Å². The van der Waals surface area contributed by atoms with Crippen LogP contribution in [0, 0.1) is 17.7 Å². The first kappa shape index (κ1) is 26.3. The van der Waals surface area contributed by atoms with Crippen LogP contribution < -0.4 is 16.4 Å². The van der Waals surface area contributed by atoms with Crippen molar-refractivity contribution in [2.45, 2.75) is 51.7 Å². The number of nitrogens with one attached hydrogen (secondary N) is 2. The number of quaternary nitrogens is 1. The van der Waals surface area contributed by atoms with Crippen LogP contribution in [0.25, 0.3) is 0 Å². The molecule has 1 saturated heterocycles. The molecular formula is C27H36FN4O3+. The van der Waals surface area contributed by atoms with Crippen molar-refractivity contribution in [3.63, 3.8) is 0 Å². The van der Waals surface area contributed by atoms with E-state index in [-0.39, 0.29) is 48.0 Å². The summed E-state index contributed by atoms with van der Waals surface area (Å²) < 4.78 is 13.8. The van der Waals surface area contributed by atoms with Gasteiger partial charge in [-0.05, 0) is 30.4 Å². The van der Waals surface area contributed by atoms with Gasteiger partial charge in [0.2, 0.25) is 11.8 Å². The number of amides is 3. The minimum absolute atomic E-state index is 0.000269. The van der Waals surface area contributed by atoms with Crippen LogP contribution in [0.15, 0.2) is 54.6 Å². The lowest BCUT2D eigenvalue weighted by molar-refractivity contribution is -0.405. The molecule has 3 amide bonds. The van der Waals surface area contributed by atoms with Crippen LogP contribution in [0.5, 0.6) is 0 Å². The van der Waals surface area contributed by atoms with Crippen LogP contribution in [0.3, 0.4) is 0 Å². The van der Waals surface area contributed by atoms with Crippen molar-refractivity contribution in [2.24, 2.45) is 11.8 Å². The number of likely N-dealkylation sites (tertiary alicyclic amines) is 1. The fourth-order valence-electron chi connectivity index (χ4n) is 4.35. The number of halogens is 1. The molecule has 188 valence electrons. The molecule has 7 nitrogen and oxygen atoms in total. The summed E-state index contributed by atoms with van der Waals surface area (Å²) in [5.41, 5.74) is 5.51. The highest BCUT2D eigenvalue weighted by atomic mass is 19.1. The lowest BCUT2D eigenvalue weighted by atomic mass is 9.93. The van der Waals surface area contributed by atoms with E-state index in [1.54, 1.807) is 23.1 Å². The molecule has 0 saturated carbocycles. The molecule has 1 aliphatic rings. The van der Waals surface area contributed by atoms with E-state index in [9.17, 15) is 18.8 Å². The van der Waals surface area contributed by atoms with Gasteiger partial charge in [0.15, 0.2) is 6.04 Å². The van der Waals surface area contributed by atoms with E-state index in [0.29, 0.717) is 37.9 Å². The zero-order chi connectivity index (χ0) is 25.4. The molecule has 0 aliphatic carbocycles. The molecule has 35 heavy (non-hydrogen) atoms. The number of carbonyl (C=O) groups excluding carboxylic acids is 3. The molecule has 0 aromatic heterocycles. The monoisotopic (exact) mass is 483 g/mol. The van der Waals surface area contributed by atoms with Crippen molar-refractivity contribution in [3.05, 3.63) is 71.5 Å². The highest BCUT2D eigenvalue weighted by Crippen LogP contribution is 2.19. The SMILES string of the molecule is CC(C)C(NC(=O)C1CCN(C(=O)C([NH3+])Cc2ccccc2)CC1)C(=O)NCc1ccccc1F. The van der Waals surface area contributed by atoms with Crippen LogP contribution in [0.1, 0.15) is 37.8 Å². The van der Waals surface area contributed by atoms with Crippen molar-refractivity contribution in [3.8, 4) is 0 Å². The molecule has 8 heteroatoms. The normalized spacial score (nSPS) is 16.0. The van der Waals surface area contributed by atoms with E-state index in [1.165, 1.54) is 6.07 Å². The van der Waals surface area contributed by atoms with Crippen LogP contribution >= 0.6 is 0 Å². The third-order valence-corrected chi connectivity index (χ3v) is 6.51. The second-order valence-electron chi connectivity index (χ2n) is 9.53. The molecule has 2 atom stereocenters. The summed E-state index contributed by atoms with van der Waals surface area (Å²) in [6.45, 7) is 4.75. The highest BCUT2D eigenvalue weighted by Gasteiger charge is 2.33. The third-order valence-electron chi connectivity index (χ3n) is 6.51. The number of hydrogen-bond acceptors (Lipinski definition) is 3. The van der Waals surface area contributed by atoms with E-state index in [4.69, 9.17) is 0 Å². The summed E-state index contributed by atoms with van der Waals surface area (Å²) in [6.07, 6.45) is 1.66. The van der Waals surface area contributed by atoms with Gasteiger partial charge in [-0.25, -0.2) is 4.39 Å². The highest BCUT2D eigenvalue weighted by molar-refractivity contribution is 5.89. The molecule has 3 rings (SSSR count). The number of benzene rings is 2. The predicted octanol–water partition coefficient (Wildman–Crippen LogP) is 1.67. The largest absolute Gasteiger partial charge is 0.350 e. The molecule has 0 bridgehead atoms. The molecule has 2 unspecified atom stereocenters. The zero-order valence-corrected chi connectivity index (χ0v) is 20.5. The molecular weight excluding hydrogens is 447 g/mol. The maximum absolute atomic E-state index is 13.8. The van der Waals surface area contributed by atoms with Gasteiger partial charge < -0.3 is 21.3 Å². The summed E-state index contributed by atoms with van der Waals surface area (Å²) in [5, 5.41) is 5.61. The first-order chi connectivity index (χ1) is 16.8. The molecule has 2 aromatic carbocycles. The Labute approximate surface area is 206 Å². The van der Waals surface area contributed by atoms with E-state index >= 15 is 0 Å². The second-order valence-corrected chi connectivity index (χ2v) is 9.53. The second kappa shape index (κ2) is 12.4. The van der Waals surface area contributed by atoms with Gasteiger partial charge in [0.1, 0.15) is 11.9 Å². The van der Waals surface area contributed by atoms with Crippen molar-refractivity contribution in [1.29, 1.82) is 0 Å². The summed E-state index contributed by atoms with van der Waals surface area (Å²) >= 11 is 0. The van der Waals surface area contributed by atoms with Crippen molar-refractivity contribution < 1.29 is 24.5 Å². The van der Waals surface area contributed by atoms with Crippen molar-refractivity contribution in [2.75, 3.05) is 13.1 Å². The van der Waals surface area contributed by atoms with Gasteiger partial charge in [-0.15, -0.1) is 0 Å². The van der Waals surface area contributed by atoms with Gasteiger partial charge >= 0.3 is 0 Å². The Morgan fingerprint density at radius 2 is 1.66 bits per heavy atom. The number of carbonyl (C=O) groups is 3. The fraction of sp³-hybridized carbons (Fsp3) is 0.444. The first-order valence-electron chi connectivity index (χ1n) is 12.2. The summed E-state index contributed by atoms with van der Waals surface area (Å²) in [5.74, 6) is -1.31. The Hall–Kier alpha value is -3.26. The van der Waals surface area contributed by atoms with Crippen LogP contribution in [0.2, 0.25) is 0 Å². The summed E-state index contributed by atoms with van der Waals surface area (Å²) in [7, 11) is 0. The smallest absolute Gasteiger partial charge is 0.281 e. The Morgan fingerprint density at radius 3 is 2.29 bits per heavy atom. The lowest BCUT2D eigenvalue weighted by Crippen LogP contribution is -2.69. The molecule has 1 heterocycles. The zero-order valence-electron chi connectivity index (χ0n) is 20.5.